The van der Waals surface area contributed by atoms with Crippen LogP contribution in [0.25, 0.3) is 0 Å². The van der Waals surface area contributed by atoms with Crippen LogP contribution in [0.4, 0.5) is 11.4 Å². The van der Waals surface area contributed by atoms with Gasteiger partial charge in [-0.15, -0.1) is 5.06 Å². The van der Waals surface area contributed by atoms with Gasteiger partial charge in [0.25, 0.3) is 11.8 Å². The summed E-state index contributed by atoms with van der Waals surface area (Å²) in [4.78, 5) is 40.2. The Balaban J connectivity index is 0.00000300. The monoisotopic (exact) mass is 425 g/mol. The molecule has 1 aliphatic rings. The number of benzene rings is 2. The molecule has 2 amide bonds. The normalized spacial score (nSPS) is 16.7. The molecule has 1 unspecified atom stereocenters. The van der Waals surface area contributed by atoms with Gasteiger partial charge < -0.3 is 9.39 Å². The minimum absolute atomic E-state index is 0. The predicted molar refractivity (Wildman–Crippen MR) is 92.4 cm³/mol. The maximum Gasteiger partial charge on any atom is 1.00 e. The van der Waals surface area contributed by atoms with Crippen LogP contribution in [0.5, 0.6) is 0 Å². The smallest absolute Gasteiger partial charge is 0.747 e. The Hall–Kier alpha value is -2.44. The number of hydrogen-bond acceptors (Lipinski definition) is 9. The molecule has 0 bridgehead atoms. The van der Waals surface area contributed by atoms with E-state index in [4.69, 9.17) is 0 Å². The van der Waals surface area contributed by atoms with Gasteiger partial charge in [0.05, 0.1) is 23.4 Å². The van der Waals surface area contributed by atoms with Crippen molar-refractivity contribution in [2.75, 3.05) is 0 Å². The largest absolute Gasteiger partial charge is 1.00 e. The van der Waals surface area contributed by atoms with Crippen molar-refractivity contribution in [3.8, 4) is 0 Å². The van der Waals surface area contributed by atoms with E-state index in [0.29, 0.717) is 11.4 Å². The van der Waals surface area contributed by atoms with Gasteiger partial charge in [-0.1, -0.05) is 18.2 Å². The van der Waals surface area contributed by atoms with Crippen molar-refractivity contribution in [2.24, 2.45) is 10.2 Å². The van der Waals surface area contributed by atoms with Gasteiger partial charge >= 0.3 is 35.5 Å². The molecule has 0 aliphatic carbocycles. The molecule has 1 saturated heterocycles. The summed E-state index contributed by atoms with van der Waals surface area (Å²) in [5.74, 6) is -3.55. The van der Waals surface area contributed by atoms with Crippen molar-refractivity contribution in [1.29, 1.82) is 0 Å². The first-order valence-electron chi connectivity index (χ1n) is 7.86. The maximum absolute atomic E-state index is 12.1. The molecule has 144 valence electrons. The van der Waals surface area contributed by atoms with Crippen LogP contribution >= 0.6 is 0 Å². The molecular weight excluding hydrogens is 413 g/mol. The summed E-state index contributed by atoms with van der Waals surface area (Å²) in [6, 6.07) is 14.5. The van der Waals surface area contributed by atoms with Crippen LogP contribution in [0.3, 0.4) is 0 Å². The van der Waals surface area contributed by atoms with E-state index in [0.717, 1.165) is 0 Å². The third-order valence-electron chi connectivity index (χ3n) is 3.72. The van der Waals surface area contributed by atoms with Gasteiger partial charge in [-0.2, -0.15) is 10.2 Å². The Kier molecular flexibility index (Phi) is 7.38. The first-order chi connectivity index (χ1) is 13.3. The number of imide groups is 1. The van der Waals surface area contributed by atoms with E-state index in [1.54, 1.807) is 24.3 Å². The van der Waals surface area contributed by atoms with Gasteiger partial charge in [0.1, 0.15) is 15.4 Å². The number of rotatable bonds is 5. The second kappa shape index (κ2) is 9.37. The van der Waals surface area contributed by atoms with Crippen LogP contribution in [0.2, 0.25) is 0 Å². The third-order valence-corrected chi connectivity index (χ3v) is 4.79. The van der Waals surface area contributed by atoms with Crippen molar-refractivity contribution in [2.45, 2.75) is 11.7 Å². The number of amides is 2. The van der Waals surface area contributed by atoms with Crippen LogP contribution in [-0.2, 0) is 24.5 Å². The number of hydroxylamine groups is 2. The Morgan fingerprint density at radius 3 is 2.07 bits per heavy atom. The quantitative estimate of drug-likeness (QED) is 0.254. The van der Waals surface area contributed by atoms with Crippen molar-refractivity contribution >= 4 is 39.3 Å². The third kappa shape index (κ3) is 5.55. The van der Waals surface area contributed by atoms with Crippen molar-refractivity contribution in [1.82, 2.24) is 5.06 Å². The number of hydrogen-bond donors (Lipinski definition) is 0. The average molecular weight is 425 g/mol. The van der Waals surface area contributed by atoms with Crippen molar-refractivity contribution < 1.29 is 61.7 Å². The van der Waals surface area contributed by atoms with Gasteiger partial charge in [-0.05, 0) is 36.4 Å². The zero-order valence-corrected chi connectivity index (χ0v) is 17.9. The van der Waals surface area contributed by atoms with Gasteiger partial charge in [0.2, 0.25) is 0 Å². The minimum atomic E-state index is -5.03. The number of carbonyl (C=O) groups excluding carboxylic acids is 3. The number of nitrogens with zero attached hydrogens (tertiary/aromatic N) is 3. The van der Waals surface area contributed by atoms with Crippen LogP contribution in [0.1, 0.15) is 16.8 Å². The molecule has 29 heavy (non-hydrogen) atoms. The Morgan fingerprint density at radius 1 is 1.00 bits per heavy atom. The molecule has 10 nitrogen and oxygen atoms in total. The molecule has 2 aromatic carbocycles. The first-order valence-corrected chi connectivity index (χ1v) is 9.33. The fourth-order valence-corrected chi connectivity index (χ4v) is 3.00. The molecule has 1 fully saturated rings. The van der Waals surface area contributed by atoms with Crippen molar-refractivity contribution in [3.05, 3.63) is 60.2 Å². The van der Waals surface area contributed by atoms with Gasteiger partial charge in [-0.25, -0.2) is 13.2 Å². The Morgan fingerprint density at radius 2 is 1.55 bits per heavy atom. The molecule has 1 atom stereocenters. The fraction of sp³-hybridized carbons (Fsp3) is 0.118. The number of azo groups is 1. The van der Waals surface area contributed by atoms with Gasteiger partial charge in [0, 0.05) is 0 Å². The fourth-order valence-electron chi connectivity index (χ4n) is 2.31. The second-order valence-electron chi connectivity index (χ2n) is 5.67. The zero-order chi connectivity index (χ0) is 20.3. The molecule has 0 radical (unpaired) electrons. The molecule has 0 saturated carbocycles. The molecule has 0 N–H and O–H groups in total. The molecular formula is C17H12N3NaO7S. The van der Waals surface area contributed by atoms with Crippen LogP contribution in [0.15, 0.2) is 64.8 Å². The summed E-state index contributed by atoms with van der Waals surface area (Å²) in [6.45, 7) is 0. The number of carbonyl (C=O) groups is 3. The maximum atomic E-state index is 12.1. The topological polar surface area (TPSA) is 146 Å². The van der Waals surface area contributed by atoms with Gasteiger partial charge in [-0.3, -0.25) is 9.59 Å². The predicted octanol–water partition coefficient (Wildman–Crippen LogP) is -1.15. The summed E-state index contributed by atoms with van der Waals surface area (Å²) in [6.07, 6.45) is -0.864. The van der Waals surface area contributed by atoms with Crippen LogP contribution in [0, 0.1) is 0 Å². The zero-order valence-electron chi connectivity index (χ0n) is 15.1. The summed E-state index contributed by atoms with van der Waals surface area (Å²) in [5, 5.41) is 5.92. The second-order valence-corrected chi connectivity index (χ2v) is 7.23. The van der Waals surface area contributed by atoms with E-state index in [-0.39, 0.29) is 40.2 Å². The summed E-state index contributed by atoms with van der Waals surface area (Å²) in [5.41, 5.74) is 1.05. The minimum Gasteiger partial charge on any atom is -0.747 e. The molecule has 0 aromatic heterocycles. The SMILES string of the molecule is O=C(ON1C(=O)CC(S(=O)(=O)[O-])C1=O)c1ccc(N=Nc2ccccc2)cc1.[Na+]. The molecule has 12 heteroatoms. The molecule has 1 heterocycles. The first kappa shape index (κ1) is 22.8. The molecule has 0 spiro atoms. The summed E-state index contributed by atoms with van der Waals surface area (Å²) in [7, 11) is -5.03. The van der Waals surface area contributed by atoms with E-state index in [2.05, 4.69) is 15.1 Å². The Bertz CT molecular complexity index is 1060. The summed E-state index contributed by atoms with van der Waals surface area (Å²) < 4.78 is 32.9. The van der Waals surface area contributed by atoms with Crippen LogP contribution < -0.4 is 29.6 Å². The van der Waals surface area contributed by atoms with E-state index in [1.807, 2.05) is 6.07 Å². The standard InChI is InChI=1S/C17H13N3O7S.Na/c21-15-10-14(28(24,25)26)16(22)20(15)27-17(23)11-6-8-13(9-7-11)19-18-12-4-2-1-3-5-12;/h1-9,14H,10H2,(H,24,25,26);/q;+1/p-1. The molecule has 2 aromatic rings. The van der Waals surface area contributed by atoms with Gasteiger partial charge in [0.15, 0.2) is 0 Å². The van der Waals surface area contributed by atoms with Crippen molar-refractivity contribution in [3.63, 3.8) is 0 Å². The summed E-state index contributed by atoms with van der Waals surface area (Å²) >= 11 is 0. The average Bonchev–Trinajstić information content (AvgIpc) is 2.96. The van der Waals surface area contributed by atoms with Crippen LogP contribution in [-0.4, -0.2) is 41.1 Å². The van der Waals surface area contributed by atoms with E-state index in [9.17, 15) is 27.4 Å². The Labute approximate surface area is 187 Å². The van der Waals surface area contributed by atoms with E-state index >= 15 is 0 Å². The molecule has 1 aliphatic heterocycles. The molecule has 3 rings (SSSR count). The van der Waals surface area contributed by atoms with E-state index in [1.165, 1.54) is 24.3 Å². The van der Waals surface area contributed by atoms with E-state index < -0.39 is 39.6 Å².